The van der Waals surface area contributed by atoms with Gasteiger partial charge in [0.2, 0.25) is 0 Å². The highest BCUT2D eigenvalue weighted by Crippen LogP contribution is 2.24. The highest BCUT2D eigenvalue weighted by Gasteiger charge is 2.19. The number of rotatable bonds is 3. The molecule has 0 unspecified atom stereocenters. The van der Waals surface area contributed by atoms with Crippen LogP contribution in [0.5, 0.6) is 5.75 Å². The third kappa shape index (κ3) is 3.27. The summed E-state index contributed by atoms with van der Waals surface area (Å²) in [5, 5.41) is 13.1. The molecule has 4 heteroatoms. The fourth-order valence-corrected chi connectivity index (χ4v) is 2.82. The van der Waals surface area contributed by atoms with Gasteiger partial charge in [-0.25, -0.2) is 0 Å². The molecular formula is C17H21N3O. The summed E-state index contributed by atoms with van der Waals surface area (Å²) in [5.74, 6) is 0.355. The molecule has 0 aliphatic carbocycles. The highest BCUT2D eigenvalue weighted by molar-refractivity contribution is 5.51. The van der Waals surface area contributed by atoms with Crippen LogP contribution in [0.25, 0.3) is 0 Å². The van der Waals surface area contributed by atoms with Crippen molar-refractivity contribution in [1.82, 2.24) is 4.98 Å². The lowest BCUT2D eigenvalue weighted by Crippen LogP contribution is -2.39. The zero-order valence-corrected chi connectivity index (χ0v) is 12.3. The van der Waals surface area contributed by atoms with Gasteiger partial charge in [0.1, 0.15) is 5.75 Å². The highest BCUT2D eigenvalue weighted by atomic mass is 16.3. The molecule has 21 heavy (non-hydrogen) atoms. The number of nitrogens with one attached hydrogen (secondary N) is 1. The third-order valence-corrected chi connectivity index (χ3v) is 4.09. The first-order chi connectivity index (χ1) is 10.2. The van der Waals surface area contributed by atoms with Gasteiger partial charge in [-0.2, -0.15) is 0 Å². The minimum Gasteiger partial charge on any atom is -0.508 e. The number of benzene rings is 1. The van der Waals surface area contributed by atoms with Crippen LogP contribution in [0, 0.1) is 6.92 Å². The average molecular weight is 283 g/mol. The molecule has 110 valence electrons. The van der Waals surface area contributed by atoms with Crippen LogP contribution in [0.1, 0.15) is 18.4 Å². The fourth-order valence-electron chi connectivity index (χ4n) is 2.82. The molecule has 1 aliphatic rings. The van der Waals surface area contributed by atoms with Crippen LogP contribution >= 0.6 is 0 Å². The van der Waals surface area contributed by atoms with Crippen molar-refractivity contribution in [3.63, 3.8) is 0 Å². The summed E-state index contributed by atoms with van der Waals surface area (Å²) in [4.78, 5) is 6.47. The maximum atomic E-state index is 9.57. The number of anilines is 2. The van der Waals surface area contributed by atoms with E-state index in [2.05, 4.69) is 27.3 Å². The summed E-state index contributed by atoms with van der Waals surface area (Å²) in [6, 6.07) is 10.3. The number of aryl methyl sites for hydroxylation is 1. The molecule has 2 aromatic rings. The van der Waals surface area contributed by atoms with E-state index in [1.54, 1.807) is 6.07 Å². The normalized spacial score (nSPS) is 16.0. The quantitative estimate of drug-likeness (QED) is 0.849. The second kappa shape index (κ2) is 6.04. The Morgan fingerprint density at radius 2 is 1.86 bits per heavy atom. The topological polar surface area (TPSA) is 48.4 Å². The molecule has 1 saturated heterocycles. The van der Waals surface area contributed by atoms with E-state index in [9.17, 15) is 5.11 Å². The minimum atomic E-state index is 0.355. The first-order valence-corrected chi connectivity index (χ1v) is 7.43. The first-order valence-electron chi connectivity index (χ1n) is 7.43. The second-order valence-electron chi connectivity index (χ2n) is 5.61. The Morgan fingerprint density at radius 1 is 1.14 bits per heavy atom. The SMILES string of the molecule is Cc1cc(NC2CCN(c3ccncc3)CC2)ccc1O. The van der Waals surface area contributed by atoms with Crippen molar-refractivity contribution >= 4 is 11.4 Å². The summed E-state index contributed by atoms with van der Waals surface area (Å²) in [7, 11) is 0. The zero-order chi connectivity index (χ0) is 14.7. The number of piperidine rings is 1. The van der Waals surface area contributed by atoms with Crippen LogP contribution in [-0.2, 0) is 0 Å². The van der Waals surface area contributed by atoms with Gasteiger partial charge in [0.25, 0.3) is 0 Å². The van der Waals surface area contributed by atoms with E-state index >= 15 is 0 Å². The van der Waals surface area contributed by atoms with E-state index in [4.69, 9.17) is 0 Å². The van der Waals surface area contributed by atoms with Gasteiger partial charge >= 0.3 is 0 Å². The lowest BCUT2D eigenvalue weighted by Gasteiger charge is -2.34. The van der Waals surface area contributed by atoms with Gasteiger partial charge in [-0.1, -0.05) is 0 Å². The summed E-state index contributed by atoms with van der Waals surface area (Å²) in [6.07, 6.45) is 5.92. The summed E-state index contributed by atoms with van der Waals surface area (Å²) < 4.78 is 0. The van der Waals surface area contributed by atoms with Crippen molar-refractivity contribution in [2.24, 2.45) is 0 Å². The molecule has 1 aliphatic heterocycles. The van der Waals surface area contributed by atoms with Crippen LogP contribution in [0.15, 0.2) is 42.7 Å². The molecule has 2 N–H and O–H groups in total. The molecule has 0 radical (unpaired) electrons. The average Bonchev–Trinajstić information content (AvgIpc) is 2.53. The second-order valence-corrected chi connectivity index (χ2v) is 5.61. The van der Waals surface area contributed by atoms with Crippen LogP contribution < -0.4 is 10.2 Å². The Labute approximate surface area is 125 Å². The lowest BCUT2D eigenvalue weighted by atomic mass is 10.0. The van der Waals surface area contributed by atoms with E-state index < -0.39 is 0 Å². The number of phenolic OH excluding ortho intramolecular Hbond substituents is 1. The first kappa shape index (κ1) is 13.7. The number of aromatic hydroxyl groups is 1. The number of pyridine rings is 1. The van der Waals surface area contributed by atoms with Gasteiger partial charge in [0, 0.05) is 42.9 Å². The van der Waals surface area contributed by atoms with Crippen LogP contribution in [0.2, 0.25) is 0 Å². The van der Waals surface area contributed by atoms with Crippen molar-refractivity contribution in [2.75, 3.05) is 23.3 Å². The van der Waals surface area contributed by atoms with Crippen molar-refractivity contribution in [3.8, 4) is 5.75 Å². The maximum absolute atomic E-state index is 9.57. The molecular weight excluding hydrogens is 262 g/mol. The Hall–Kier alpha value is -2.23. The number of hydrogen-bond donors (Lipinski definition) is 2. The molecule has 2 heterocycles. The predicted octanol–water partition coefficient (Wildman–Crippen LogP) is 3.18. The smallest absolute Gasteiger partial charge is 0.118 e. The Balaban J connectivity index is 1.57. The minimum absolute atomic E-state index is 0.355. The van der Waals surface area contributed by atoms with E-state index in [0.717, 1.165) is 37.2 Å². The van der Waals surface area contributed by atoms with Crippen LogP contribution in [-0.4, -0.2) is 29.2 Å². The number of aromatic nitrogens is 1. The molecule has 1 aromatic heterocycles. The monoisotopic (exact) mass is 283 g/mol. The van der Waals surface area contributed by atoms with E-state index in [-0.39, 0.29) is 0 Å². The van der Waals surface area contributed by atoms with Crippen molar-refractivity contribution < 1.29 is 5.11 Å². The van der Waals surface area contributed by atoms with Crippen molar-refractivity contribution in [2.45, 2.75) is 25.8 Å². The molecule has 1 fully saturated rings. The molecule has 3 rings (SSSR count). The molecule has 0 spiro atoms. The van der Waals surface area contributed by atoms with Crippen LogP contribution in [0.3, 0.4) is 0 Å². The van der Waals surface area contributed by atoms with Gasteiger partial charge in [0.15, 0.2) is 0 Å². The molecule has 0 bridgehead atoms. The summed E-state index contributed by atoms with van der Waals surface area (Å²) in [5.41, 5.74) is 3.26. The summed E-state index contributed by atoms with van der Waals surface area (Å²) >= 11 is 0. The van der Waals surface area contributed by atoms with E-state index in [1.807, 2.05) is 31.5 Å². The largest absolute Gasteiger partial charge is 0.508 e. The molecule has 1 aromatic carbocycles. The van der Waals surface area contributed by atoms with Gasteiger partial charge < -0.3 is 15.3 Å². The number of nitrogens with zero attached hydrogens (tertiary/aromatic N) is 2. The number of phenols is 1. The molecule has 0 saturated carbocycles. The van der Waals surface area contributed by atoms with Crippen molar-refractivity contribution in [3.05, 3.63) is 48.3 Å². The number of hydrogen-bond acceptors (Lipinski definition) is 4. The molecule has 0 atom stereocenters. The Bertz CT molecular complexity index is 592. The zero-order valence-electron chi connectivity index (χ0n) is 12.3. The van der Waals surface area contributed by atoms with E-state index in [0.29, 0.717) is 11.8 Å². The standard InChI is InChI=1S/C17H21N3O/c1-13-12-15(2-3-17(13)21)19-14-6-10-20(11-7-14)16-4-8-18-9-5-16/h2-5,8-9,12,14,19,21H,6-7,10-11H2,1H3. The Kier molecular flexibility index (Phi) is 3.95. The van der Waals surface area contributed by atoms with Gasteiger partial charge in [-0.15, -0.1) is 0 Å². The summed E-state index contributed by atoms with van der Waals surface area (Å²) in [6.45, 7) is 4.03. The van der Waals surface area contributed by atoms with E-state index in [1.165, 1.54) is 5.69 Å². The van der Waals surface area contributed by atoms with Gasteiger partial charge in [-0.05, 0) is 55.7 Å². The third-order valence-electron chi connectivity index (χ3n) is 4.09. The lowest BCUT2D eigenvalue weighted by molar-refractivity contribution is 0.471. The Morgan fingerprint density at radius 3 is 2.52 bits per heavy atom. The van der Waals surface area contributed by atoms with Crippen molar-refractivity contribution in [1.29, 1.82) is 0 Å². The predicted molar refractivity (Wildman–Crippen MR) is 85.9 cm³/mol. The van der Waals surface area contributed by atoms with Gasteiger partial charge in [0.05, 0.1) is 0 Å². The molecule has 4 nitrogen and oxygen atoms in total. The fraction of sp³-hybridized carbons (Fsp3) is 0.353. The van der Waals surface area contributed by atoms with Crippen LogP contribution in [0.4, 0.5) is 11.4 Å². The molecule has 0 amide bonds. The van der Waals surface area contributed by atoms with Gasteiger partial charge in [-0.3, -0.25) is 4.98 Å². The maximum Gasteiger partial charge on any atom is 0.118 e.